The summed E-state index contributed by atoms with van der Waals surface area (Å²) in [5, 5.41) is 20.2. The summed E-state index contributed by atoms with van der Waals surface area (Å²) in [6.45, 7) is 27.5. The second-order valence-corrected chi connectivity index (χ2v) is 41.8. The van der Waals surface area contributed by atoms with E-state index in [1.165, 1.54) is 107 Å². The first-order valence-corrected chi connectivity index (χ1v) is 52.6. The van der Waals surface area contributed by atoms with E-state index in [1.54, 1.807) is 59.4 Å². The third kappa shape index (κ3) is 34.1. The molecule has 26 heteroatoms. The van der Waals surface area contributed by atoms with Crippen LogP contribution >= 0.6 is 122 Å². The quantitative estimate of drug-likeness (QED) is 0.0227. The maximum Gasteiger partial charge on any atom is 0.410 e. The van der Waals surface area contributed by atoms with Crippen molar-refractivity contribution in [2.75, 3.05) is 66.5 Å². The Morgan fingerprint density at radius 1 is 0.452 bits per heavy atom. The molecule has 720 valence electrons. The number of hydrogen-bond acceptors (Lipinski definition) is 16. The van der Waals surface area contributed by atoms with Crippen LogP contribution < -0.4 is 10.6 Å². The molecule has 0 fully saturated rings. The highest BCUT2D eigenvalue weighted by Crippen LogP contribution is 2.42. The highest BCUT2D eigenvalue weighted by molar-refractivity contribution is 9.08. The zero-order chi connectivity index (χ0) is 95.1. The number of amides is 2. The topological polar surface area (TPSA) is 173 Å². The first-order chi connectivity index (χ1) is 63.9. The second-order valence-electron chi connectivity index (χ2n) is 35.6. The summed E-state index contributed by atoms with van der Waals surface area (Å²) in [5.41, 5.74) is 22.5. The Balaban J connectivity index is 0.000000194. The van der Waals surface area contributed by atoms with Crippen molar-refractivity contribution in [3.8, 4) is 22.5 Å². The molecule has 0 spiro atoms. The van der Waals surface area contributed by atoms with Gasteiger partial charge in [0.05, 0.1) is 31.5 Å². The molecule has 2 N–H and O–H groups in total. The van der Waals surface area contributed by atoms with Crippen molar-refractivity contribution in [1.82, 2.24) is 44.9 Å². The van der Waals surface area contributed by atoms with Gasteiger partial charge in [-0.2, -0.15) is 10.2 Å². The average Bonchev–Trinajstić information content (AvgIpc) is 1.77. The number of aryl methyl sites for hydroxylation is 2. The fourth-order valence-electron chi connectivity index (χ4n) is 15.5. The minimum Gasteiger partial charge on any atom is -0.444 e. The van der Waals surface area contributed by atoms with Crippen LogP contribution in [0.15, 0.2) is 226 Å². The summed E-state index contributed by atoms with van der Waals surface area (Å²) in [4.78, 5) is 69.7. The van der Waals surface area contributed by atoms with E-state index in [2.05, 4.69) is 153 Å². The number of ketones is 3. The molecule has 0 bridgehead atoms. The molecule has 0 saturated heterocycles. The number of rotatable bonds is 26. The van der Waals surface area contributed by atoms with Gasteiger partial charge in [-0.05, 0) is 260 Å². The van der Waals surface area contributed by atoms with Gasteiger partial charge in [0, 0.05) is 148 Å². The van der Waals surface area contributed by atoms with Crippen LogP contribution in [0.3, 0.4) is 0 Å². The Labute approximate surface area is 853 Å². The summed E-state index contributed by atoms with van der Waals surface area (Å²) < 4.78 is 15.3. The molecule has 15 rings (SSSR count). The van der Waals surface area contributed by atoms with Crippen molar-refractivity contribution in [3.05, 3.63) is 316 Å². The molecule has 0 aliphatic carbocycles. The Hall–Kier alpha value is -8.26. The van der Waals surface area contributed by atoms with Gasteiger partial charge in [0.15, 0.2) is 17.3 Å². The van der Waals surface area contributed by atoms with Gasteiger partial charge in [0.1, 0.15) is 11.2 Å². The first-order valence-electron chi connectivity index (χ1n) is 46.0. The number of hydrogen-bond donors (Lipinski definition) is 2. The van der Waals surface area contributed by atoms with E-state index in [0.717, 1.165) is 183 Å². The summed E-state index contributed by atoms with van der Waals surface area (Å²) in [6, 6.07) is 61.5. The van der Waals surface area contributed by atoms with Crippen LogP contribution in [0.4, 0.5) is 9.59 Å². The van der Waals surface area contributed by atoms with Gasteiger partial charge in [0.25, 0.3) is 0 Å². The van der Waals surface area contributed by atoms with Gasteiger partial charge in [-0.15, -0.1) is 59.5 Å². The lowest BCUT2D eigenvalue weighted by Crippen LogP contribution is -2.38. The number of aromatic nitrogens is 4. The van der Waals surface area contributed by atoms with E-state index in [1.807, 2.05) is 180 Å². The number of thioether (sulfide) groups is 4. The highest BCUT2D eigenvalue weighted by atomic mass is 79.9. The average molecular weight is 2060 g/mol. The number of carbonyl (C=O) groups excluding carboxylic acids is 5. The number of benzene rings is 9. The minimum atomic E-state index is -0.511. The van der Waals surface area contributed by atoms with Crippen LogP contribution in [-0.2, 0) is 102 Å². The predicted molar refractivity (Wildman–Crippen MR) is 573 cm³/mol. The van der Waals surface area contributed by atoms with E-state index in [4.69, 9.17) is 61.0 Å². The van der Waals surface area contributed by atoms with Crippen molar-refractivity contribution in [1.29, 1.82) is 0 Å². The minimum absolute atomic E-state index is 0. The summed E-state index contributed by atoms with van der Waals surface area (Å²) in [7, 11) is 3.77. The van der Waals surface area contributed by atoms with E-state index < -0.39 is 11.2 Å². The molecule has 0 radical (unpaired) electrons. The van der Waals surface area contributed by atoms with Crippen LogP contribution in [0.2, 0.25) is 20.1 Å². The molecule has 4 aliphatic heterocycles. The second kappa shape index (κ2) is 54.9. The Kier molecular flexibility index (Phi) is 44.9. The van der Waals surface area contributed by atoms with Crippen molar-refractivity contribution in [2.45, 2.75) is 226 Å². The van der Waals surface area contributed by atoms with Crippen LogP contribution in [-0.4, -0.2) is 141 Å². The van der Waals surface area contributed by atoms with Gasteiger partial charge < -0.3 is 34.8 Å². The van der Waals surface area contributed by atoms with Gasteiger partial charge in [-0.25, -0.2) is 9.59 Å². The molecular weight excluding hydrogens is 1930 g/mol. The van der Waals surface area contributed by atoms with Crippen molar-refractivity contribution < 1.29 is 33.4 Å². The Bertz CT molecular complexity index is 5730. The number of unbranched alkanes of at least 4 members (excludes halogenated alkanes) is 2. The Morgan fingerprint density at radius 2 is 0.807 bits per heavy atom. The predicted octanol–water partition coefficient (Wildman–Crippen LogP) is 28.2. The molecule has 16 nitrogen and oxygen atoms in total. The first kappa shape index (κ1) is 110. The number of nitrogens with one attached hydrogen (secondary N) is 2. The largest absolute Gasteiger partial charge is 0.444 e. The molecule has 0 saturated carbocycles. The van der Waals surface area contributed by atoms with Crippen molar-refractivity contribution in [2.24, 2.45) is 0 Å². The van der Waals surface area contributed by atoms with Gasteiger partial charge >= 0.3 is 12.2 Å². The molecule has 2 amide bonds. The number of nitrogens with zero attached hydrogens (tertiary/aromatic N) is 7. The molecule has 6 heterocycles. The number of Topliss-reactive ketones (excluding diaryl/α,β-unsaturated/α-hetero) is 2. The van der Waals surface area contributed by atoms with Crippen LogP contribution in [0.25, 0.3) is 22.5 Å². The SMILES string of the molecule is C.CC(=O)c1ccc(CBr)cc1.CC(=O)c1ccc(CSc2c(Cl)ccc3c2CCN(C(=O)OC(C)(C)C)CC3)cc1.CCCCn1ccc(-c2ccc(CSc3c(Cl)ccc4c3CCNCC4)cc2)n1.CCCCn1nccc1-c1ccc(CSc2c(Cl)ccc3c2CCNCC3)cc1.CN(C)/C=C/C(=O)c1ccc(CSc2c(Cl)ccc3c2CCN(C(=O)OC(C)(C)C)CC3)cc1.Cl. The maximum absolute atomic E-state index is 12.6. The molecule has 9 aromatic carbocycles. The van der Waals surface area contributed by atoms with Gasteiger partial charge in [-0.1, -0.05) is 242 Å². The zero-order valence-corrected chi connectivity index (χ0v) is 87.8. The lowest BCUT2D eigenvalue weighted by molar-refractivity contribution is 0.0247. The standard InChI is InChI=1S/C27H33ClN2O3S.2C24H28ClN3S.C24H28ClNO3S.C9H9BrO.CH4.ClH/c1-27(2,3)33-26(32)30-16-12-20-10-11-23(28)25(22(20)13-17-30)34-18-19-6-8-21(9-7-19)24(31)14-15-29(4)5;1-2-3-16-28-23(12-15-27-28)20-6-4-18(5-7-20)17-29-24-21-11-14-26-13-10-19(21)8-9-22(24)25;1-2-3-15-28-16-12-23(27-28)20-6-4-18(5-7-20)17-29-24-21-11-14-26-13-10-19(21)8-9-22(24)25;1-16(27)18-7-5-17(6-8-18)15-30-22-20-12-14-26(23(28)29-24(2,3)4)13-11-19(20)9-10-21(22)25;1-7(11)9-4-2-8(6-10)3-5-9;;/h6-11,14-15H,12-13,16-18H2,1-5H3;4-9,12,15,26H,2-3,10-11,13-14,16-17H2,1H3;4-9,12,16,26H,2-3,10-11,13-15,17H2,1H3;5-10H,11-15H2,1-4H3;2-5H,6H2,1H3;1H4;1H/b15-14+;;;;;;. The third-order valence-electron chi connectivity index (χ3n) is 22.8. The number of ether oxygens (including phenoxy) is 2. The van der Waals surface area contributed by atoms with E-state index in [-0.39, 0.29) is 49.4 Å². The lowest BCUT2D eigenvalue weighted by Gasteiger charge is -2.26. The normalized spacial score (nSPS) is 13.4. The van der Waals surface area contributed by atoms with E-state index in [9.17, 15) is 24.0 Å². The van der Waals surface area contributed by atoms with E-state index >= 15 is 0 Å². The van der Waals surface area contributed by atoms with Crippen LogP contribution in [0.5, 0.6) is 0 Å². The van der Waals surface area contributed by atoms with Crippen LogP contribution in [0.1, 0.15) is 206 Å². The van der Waals surface area contributed by atoms with Crippen LogP contribution in [0, 0.1) is 0 Å². The number of halogens is 6. The fourth-order valence-corrected chi connectivity index (χ4v) is 21.7. The smallest absolute Gasteiger partial charge is 0.410 e. The zero-order valence-electron chi connectivity index (χ0n) is 79.1. The molecular formula is C109H131BrCl5N9O7S4. The van der Waals surface area contributed by atoms with Gasteiger partial charge in [0.2, 0.25) is 0 Å². The molecule has 11 aromatic rings. The van der Waals surface area contributed by atoms with E-state index in [0.29, 0.717) is 31.7 Å². The summed E-state index contributed by atoms with van der Waals surface area (Å²) in [6.07, 6.45) is 18.8. The molecule has 0 unspecified atom stereocenters. The fraction of sp³-hybridized carbons (Fsp3) is 0.385. The monoisotopic (exact) mass is 2060 g/mol. The number of alkyl halides is 1. The molecule has 4 aliphatic rings. The maximum atomic E-state index is 12.6. The third-order valence-corrected chi connectivity index (χ3v) is 30.1. The molecule has 0 atom stereocenters. The summed E-state index contributed by atoms with van der Waals surface area (Å²) in [5.74, 6) is 3.54. The van der Waals surface area contributed by atoms with Crippen molar-refractivity contribution in [3.63, 3.8) is 0 Å². The number of allylic oxidation sites excluding steroid dienone is 1. The number of fused-ring (bicyclic) bond motifs is 4. The summed E-state index contributed by atoms with van der Waals surface area (Å²) >= 11 is 36.8. The van der Waals surface area contributed by atoms with Gasteiger partial charge in [-0.3, -0.25) is 23.7 Å². The lowest BCUT2D eigenvalue weighted by atomic mass is 10.0. The molecule has 2 aromatic heterocycles. The molecule has 135 heavy (non-hydrogen) atoms. The number of carbonyl (C=O) groups is 5. The highest BCUT2D eigenvalue weighted by Gasteiger charge is 2.29. The van der Waals surface area contributed by atoms with Crippen molar-refractivity contribution >= 4 is 151 Å². The Morgan fingerprint density at radius 3 is 1.19 bits per heavy atom.